The Balaban J connectivity index is 2.21. The molecule has 0 saturated carbocycles. The zero-order chi connectivity index (χ0) is 13.8. The summed E-state index contributed by atoms with van der Waals surface area (Å²) in [5, 5.41) is 12.0. The zero-order valence-corrected chi connectivity index (χ0v) is 10.8. The second-order valence-electron chi connectivity index (χ2n) is 4.31. The van der Waals surface area contributed by atoms with Crippen LogP contribution in [0.4, 0.5) is 11.4 Å². The largest absolute Gasteiger partial charge is 0.481 e. The van der Waals surface area contributed by atoms with E-state index in [1.54, 1.807) is 12.3 Å². The van der Waals surface area contributed by atoms with E-state index in [0.717, 1.165) is 28.5 Å². The molecule has 2 rings (SSSR count). The minimum absolute atomic E-state index is 0.0128. The third kappa shape index (κ3) is 3.51. The number of hydrogen-bond donors (Lipinski definition) is 2. The van der Waals surface area contributed by atoms with Crippen molar-refractivity contribution in [2.45, 2.75) is 20.3 Å². The number of aromatic nitrogens is 2. The highest BCUT2D eigenvalue weighted by Crippen LogP contribution is 2.19. The summed E-state index contributed by atoms with van der Waals surface area (Å²) >= 11 is 0. The number of rotatable bonds is 4. The first-order valence-corrected chi connectivity index (χ1v) is 5.92. The maximum absolute atomic E-state index is 10.7. The number of benzene rings is 1. The first-order valence-electron chi connectivity index (χ1n) is 5.92. The molecule has 19 heavy (non-hydrogen) atoms. The van der Waals surface area contributed by atoms with Gasteiger partial charge in [-0.1, -0.05) is 12.1 Å². The second-order valence-corrected chi connectivity index (χ2v) is 4.31. The molecule has 2 N–H and O–H groups in total. The van der Waals surface area contributed by atoms with Crippen molar-refractivity contribution in [2.75, 3.05) is 5.32 Å². The number of anilines is 2. The zero-order valence-electron chi connectivity index (χ0n) is 10.8. The van der Waals surface area contributed by atoms with Crippen LogP contribution in [-0.2, 0) is 11.2 Å². The number of nitrogens with one attached hydrogen (secondary N) is 1. The summed E-state index contributed by atoms with van der Waals surface area (Å²) in [6.45, 7) is 3.74. The van der Waals surface area contributed by atoms with Crippen molar-refractivity contribution in [1.82, 2.24) is 9.97 Å². The third-order valence-corrected chi connectivity index (χ3v) is 2.66. The first kappa shape index (κ1) is 13.0. The smallest absolute Gasteiger partial charge is 0.307 e. The fourth-order valence-electron chi connectivity index (χ4n) is 1.80. The molecule has 0 aliphatic heterocycles. The Bertz CT molecular complexity index is 611. The van der Waals surface area contributed by atoms with Gasteiger partial charge in [0.1, 0.15) is 5.82 Å². The van der Waals surface area contributed by atoms with Crippen molar-refractivity contribution < 1.29 is 9.90 Å². The van der Waals surface area contributed by atoms with Gasteiger partial charge >= 0.3 is 5.97 Å². The average Bonchev–Trinajstić information content (AvgIpc) is 2.32. The van der Waals surface area contributed by atoms with Crippen LogP contribution in [-0.4, -0.2) is 21.0 Å². The van der Waals surface area contributed by atoms with Gasteiger partial charge in [0.15, 0.2) is 0 Å². The third-order valence-electron chi connectivity index (χ3n) is 2.66. The van der Waals surface area contributed by atoms with Gasteiger partial charge in [0.25, 0.3) is 0 Å². The summed E-state index contributed by atoms with van der Waals surface area (Å²) < 4.78 is 0. The van der Waals surface area contributed by atoms with E-state index in [2.05, 4.69) is 15.3 Å². The molecule has 1 heterocycles. The van der Waals surface area contributed by atoms with E-state index in [0.29, 0.717) is 0 Å². The molecule has 1 aromatic heterocycles. The van der Waals surface area contributed by atoms with Crippen LogP contribution < -0.4 is 5.32 Å². The van der Waals surface area contributed by atoms with Gasteiger partial charge in [0.05, 0.1) is 24.0 Å². The van der Waals surface area contributed by atoms with E-state index in [1.165, 1.54) is 0 Å². The minimum Gasteiger partial charge on any atom is -0.481 e. The Morgan fingerprint density at radius 3 is 2.84 bits per heavy atom. The van der Waals surface area contributed by atoms with Crippen LogP contribution in [0.25, 0.3) is 0 Å². The summed E-state index contributed by atoms with van der Waals surface area (Å²) in [6.07, 6.45) is 1.74. The maximum Gasteiger partial charge on any atom is 0.307 e. The van der Waals surface area contributed by atoms with Crippen molar-refractivity contribution in [2.24, 2.45) is 0 Å². The van der Waals surface area contributed by atoms with Gasteiger partial charge in [-0.2, -0.15) is 0 Å². The second kappa shape index (κ2) is 5.48. The molecule has 0 unspecified atom stereocenters. The molecular formula is C14H15N3O2. The molecule has 0 saturated heterocycles. The number of aliphatic carboxylic acids is 1. The molecular weight excluding hydrogens is 242 g/mol. The minimum atomic E-state index is -0.841. The predicted molar refractivity (Wildman–Crippen MR) is 72.6 cm³/mol. The fraction of sp³-hybridized carbons (Fsp3) is 0.214. The van der Waals surface area contributed by atoms with E-state index in [4.69, 9.17) is 5.11 Å². The van der Waals surface area contributed by atoms with Gasteiger partial charge < -0.3 is 10.4 Å². The Hall–Kier alpha value is -2.43. The Labute approximate surface area is 111 Å². The lowest BCUT2D eigenvalue weighted by Gasteiger charge is -2.09. The van der Waals surface area contributed by atoms with Crippen LogP contribution >= 0.6 is 0 Å². The molecule has 0 radical (unpaired) electrons. The number of carbonyl (C=O) groups is 1. The van der Waals surface area contributed by atoms with Gasteiger partial charge in [-0.25, -0.2) is 9.97 Å². The molecule has 98 valence electrons. The number of hydrogen-bond acceptors (Lipinski definition) is 4. The number of carboxylic acids is 1. The first-order chi connectivity index (χ1) is 9.04. The van der Waals surface area contributed by atoms with Gasteiger partial charge in [-0.3, -0.25) is 4.79 Å². The van der Waals surface area contributed by atoms with E-state index in [-0.39, 0.29) is 6.42 Å². The van der Waals surface area contributed by atoms with E-state index >= 15 is 0 Å². The Kier molecular flexibility index (Phi) is 3.75. The molecule has 0 aliphatic carbocycles. The lowest BCUT2D eigenvalue weighted by molar-refractivity contribution is -0.136. The maximum atomic E-state index is 10.7. The summed E-state index contributed by atoms with van der Waals surface area (Å²) in [7, 11) is 0. The highest BCUT2D eigenvalue weighted by Gasteiger charge is 2.04. The molecule has 0 amide bonds. The summed E-state index contributed by atoms with van der Waals surface area (Å²) in [6, 6.07) is 7.31. The van der Waals surface area contributed by atoms with E-state index in [9.17, 15) is 4.79 Å². The fourth-order valence-corrected chi connectivity index (χ4v) is 1.80. The van der Waals surface area contributed by atoms with Crippen LogP contribution in [0.15, 0.2) is 30.5 Å². The summed E-state index contributed by atoms with van der Waals surface area (Å²) in [5.74, 6) is -0.116. The summed E-state index contributed by atoms with van der Waals surface area (Å²) in [5.41, 5.74) is 3.26. The molecule has 0 aliphatic rings. The van der Waals surface area contributed by atoms with Crippen molar-refractivity contribution in [3.05, 3.63) is 47.5 Å². The summed E-state index contributed by atoms with van der Waals surface area (Å²) in [4.78, 5) is 19.1. The highest BCUT2D eigenvalue weighted by atomic mass is 16.4. The van der Waals surface area contributed by atoms with E-state index in [1.807, 2.05) is 32.0 Å². The van der Waals surface area contributed by atoms with Crippen LogP contribution in [0.3, 0.4) is 0 Å². The molecule has 0 fully saturated rings. The van der Waals surface area contributed by atoms with E-state index < -0.39 is 5.97 Å². The van der Waals surface area contributed by atoms with Crippen molar-refractivity contribution in [3.8, 4) is 0 Å². The van der Waals surface area contributed by atoms with Crippen molar-refractivity contribution in [3.63, 3.8) is 0 Å². The molecule has 1 aromatic carbocycles. The standard InChI is InChI=1S/C14H15N3O2/c1-9-13(8-15-10(2)16-9)17-12-5-3-4-11(6-12)7-14(18)19/h3-6,8,17H,7H2,1-2H3,(H,18,19). The molecule has 0 bridgehead atoms. The van der Waals surface area contributed by atoms with Gasteiger partial charge in [0.2, 0.25) is 0 Å². The monoisotopic (exact) mass is 257 g/mol. The number of carboxylic acid groups (broad SMARTS) is 1. The molecule has 2 aromatic rings. The molecule has 5 nitrogen and oxygen atoms in total. The Morgan fingerprint density at radius 1 is 1.37 bits per heavy atom. The Morgan fingerprint density at radius 2 is 2.16 bits per heavy atom. The number of nitrogens with zero attached hydrogens (tertiary/aromatic N) is 2. The normalized spacial score (nSPS) is 10.2. The molecule has 5 heteroatoms. The lowest BCUT2D eigenvalue weighted by atomic mass is 10.1. The predicted octanol–water partition coefficient (Wildman–Crippen LogP) is 2.46. The number of aryl methyl sites for hydroxylation is 2. The van der Waals surface area contributed by atoms with Crippen LogP contribution in [0.2, 0.25) is 0 Å². The van der Waals surface area contributed by atoms with Crippen LogP contribution in [0.1, 0.15) is 17.1 Å². The van der Waals surface area contributed by atoms with Crippen LogP contribution in [0, 0.1) is 13.8 Å². The van der Waals surface area contributed by atoms with Gasteiger partial charge in [-0.15, -0.1) is 0 Å². The van der Waals surface area contributed by atoms with Gasteiger partial charge in [-0.05, 0) is 31.5 Å². The van der Waals surface area contributed by atoms with Crippen molar-refractivity contribution >= 4 is 17.3 Å². The lowest BCUT2D eigenvalue weighted by Crippen LogP contribution is -2.02. The molecule has 0 atom stereocenters. The molecule has 0 spiro atoms. The SMILES string of the molecule is Cc1ncc(Nc2cccc(CC(=O)O)c2)c(C)n1. The quantitative estimate of drug-likeness (QED) is 0.880. The highest BCUT2D eigenvalue weighted by molar-refractivity contribution is 5.71. The van der Waals surface area contributed by atoms with Gasteiger partial charge in [0, 0.05) is 5.69 Å². The van der Waals surface area contributed by atoms with Crippen LogP contribution in [0.5, 0.6) is 0 Å². The van der Waals surface area contributed by atoms with Crippen molar-refractivity contribution in [1.29, 1.82) is 0 Å². The average molecular weight is 257 g/mol. The topological polar surface area (TPSA) is 75.1 Å².